The van der Waals surface area contributed by atoms with Crippen LogP contribution >= 0.6 is 11.6 Å². The first-order chi connectivity index (χ1) is 9.53. The van der Waals surface area contributed by atoms with Gasteiger partial charge in [-0.25, -0.2) is 0 Å². The minimum atomic E-state index is 0.0371. The summed E-state index contributed by atoms with van der Waals surface area (Å²) in [6, 6.07) is 6.33. The zero-order chi connectivity index (χ0) is 14.6. The van der Waals surface area contributed by atoms with Gasteiger partial charge in [0, 0.05) is 18.0 Å². The van der Waals surface area contributed by atoms with Gasteiger partial charge < -0.3 is 5.32 Å². The third-order valence-electron chi connectivity index (χ3n) is 3.84. The molecule has 1 heterocycles. The maximum atomic E-state index is 11.8. The lowest BCUT2D eigenvalue weighted by molar-refractivity contribution is -0.116. The fraction of sp³-hybridized carbons (Fsp3) is 0.471. The van der Waals surface area contributed by atoms with Crippen LogP contribution in [0.5, 0.6) is 0 Å². The van der Waals surface area contributed by atoms with E-state index in [-0.39, 0.29) is 11.3 Å². The molecule has 1 aromatic carbocycles. The molecule has 0 fully saturated rings. The highest BCUT2D eigenvalue weighted by atomic mass is 35.5. The molecule has 1 aromatic rings. The maximum absolute atomic E-state index is 11.8. The summed E-state index contributed by atoms with van der Waals surface area (Å²) in [5.41, 5.74) is 3.34. The smallest absolute Gasteiger partial charge is 0.224 e. The van der Waals surface area contributed by atoms with Crippen molar-refractivity contribution in [2.75, 3.05) is 11.2 Å². The molecule has 0 saturated heterocycles. The summed E-state index contributed by atoms with van der Waals surface area (Å²) in [7, 11) is 0. The van der Waals surface area contributed by atoms with Crippen LogP contribution in [0, 0.1) is 0 Å². The van der Waals surface area contributed by atoms with Crippen molar-refractivity contribution in [3.63, 3.8) is 0 Å². The van der Waals surface area contributed by atoms with E-state index in [1.807, 2.05) is 0 Å². The first kappa shape index (κ1) is 15.1. The zero-order valence-electron chi connectivity index (χ0n) is 12.2. The van der Waals surface area contributed by atoms with Crippen molar-refractivity contribution in [3.8, 4) is 0 Å². The van der Waals surface area contributed by atoms with Crippen molar-refractivity contribution in [2.45, 2.75) is 44.9 Å². The molecule has 3 heteroatoms. The predicted octanol–water partition coefficient (Wildman–Crippen LogP) is 4.73. The molecule has 0 spiro atoms. The molecule has 1 amide bonds. The highest BCUT2D eigenvalue weighted by molar-refractivity contribution is 6.17. The van der Waals surface area contributed by atoms with Crippen molar-refractivity contribution >= 4 is 29.3 Å². The second-order valence-electron chi connectivity index (χ2n) is 5.97. The number of halogens is 1. The van der Waals surface area contributed by atoms with Gasteiger partial charge in [0.15, 0.2) is 0 Å². The number of hydrogen-bond acceptors (Lipinski definition) is 1. The molecular weight excluding hydrogens is 270 g/mol. The molecule has 0 atom stereocenters. The Morgan fingerprint density at radius 2 is 2.20 bits per heavy atom. The second-order valence-corrected chi connectivity index (χ2v) is 6.35. The van der Waals surface area contributed by atoms with E-state index in [1.165, 1.54) is 5.56 Å². The summed E-state index contributed by atoms with van der Waals surface area (Å²) >= 11 is 5.66. The normalized spacial score (nSPS) is 17.6. The molecule has 1 aliphatic rings. The minimum absolute atomic E-state index is 0.0371. The summed E-state index contributed by atoms with van der Waals surface area (Å²) in [5, 5.41) is 3.03. The molecule has 1 aliphatic heterocycles. The van der Waals surface area contributed by atoms with Gasteiger partial charge in [0.05, 0.1) is 0 Å². The summed E-state index contributed by atoms with van der Waals surface area (Å²) in [6.45, 7) is 4.39. The molecule has 20 heavy (non-hydrogen) atoms. The lowest BCUT2D eigenvalue weighted by atomic mass is 9.80. The Balaban J connectivity index is 2.25. The number of benzene rings is 1. The Bertz CT molecular complexity index is 520. The molecule has 0 saturated carbocycles. The monoisotopic (exact) mass is 291 g/mol. The molecule has 1 N–H and O–H groups in total. The summed E-state index contributed by atoms with van der Waals surface area (Å²) < 4.78 is 0. The van der Waals surface area contributed by atoms with Gasteiger partial charge in [-0.15, -0.1) is 11.6 Å². The quantitative estimate of drug-likeness (QED) is 0.631. The molecule has 0 bridgehead atoms. The number of carbonyl (C=O) groups excluding carboxylic acids is 1. The average molecular weight is 292 g/mol. The van der Waals surface area contributed by atoms with E-state index in [0.717, 1.165) is 30.5 Å². The molecule has 108 valence electrons. The number of unbranched alkanes of at least 4 members (excludes halogenated alkanes) is 1. The first-order valence-electron chi connectivity index (χ1n) is 7.20. The number of allylic oxidation sites excluding steroid dienone is 1. The largest absolute Gasteiger partial charge is 0.326 e. The van der Waals surface area contributed by atoms with Crippen LogP contribution in [0.15, 0.2) is 24.3 Å². The van der Waals surface area contributed by atoms with Crippen LogP contribution in [-0.4, -0.2) is 11.8 Å². The Morgan fingerprint density at radius 3 is 2.95 bits per heavy atom. The van der Waals surface area contributed by atoms with Crippen molar-refractivity contribution in [1.82, 2.24) is 0 Å². The molecule has 0 radical (unpaired) electrons. The van der Waals surface area contributed by atoms with Crippen LogP contribution in [0.25, 0.3) is 6.08 Å². The van der Waals surface area contributed by atoms with Gasteiger partial charge >= 0.3 is 0 Å². The summed E-state index contributed by atoms with van der Waals surface area (Å²) in [6.07, 6.45) is 7.68. The zero-order valence-corrected chi connectivity index (χ0v) is 13.0. The third kappa shape index (κ3) is 3.63. The van der Waals surface area contributed by atoms with E-state index in [1.54, 1.807) is 0 Å². The molecule has 2 nitrogen and oxygen atoms in total. The predicted molar refractivity (Wildman–Crippen MR) is 86.3 cm³/mol. The minimum Gasteiger partial charge on any atom is -0.326 e. The van der Waals surface area contributed by atoms with Gasteiger partial charge in [-0.2, -0.15) is 0 Å². The van der Waals surface area contributed by atoms with Crippen LogP contribution in [0.2, 0.25) is 0 Å². The molecule has 0 aromatic heterocycles. The van der Waals surface area contributed by atoms with Crippen LogP contribution in [0.3, 0.4) is 0 Å². The first-order valence-corrected chi connectivity index (χ1v) is 7.73. The van der Waals surface area contributed by atoms with Crippen molar-refractivity contribution in [2.24, 2.45) is 0 Å². The van der Waals surface area contributed by atoms with E-state index in [2.05, 4.69) is 49.5 Å². The lowest BCUT2D eigenvalue weighted by Gasteiger charge is -2.24. The van der Waals surface area contributed by atoms with Crippen LogP contribution in [-0.2, 0) is 10.2 Å². The van der Waals surface area contributed by atoms with E-state index < -0.39 is 0 Å². The molecule has 2 rings (SSSR count). The fourth-order valence-corrected chi connectivity index (χ4v) is 2.70. The standard InChI is InChI=1S/C17H22ClNO/c1-17(2)10-9-16(20)19-15-12-13(7-8-14(15)17)6-4-3-5-11-18/h4,6-8,12H,3,5,9-11H2,1-2H3,(H,19,20)/b6-4+. The van der Waals surface area contributed by atoms with E-state index >= 15 is 0 Å². The number of carbonyl (C=O) groups is 1. The number of alkyl halides is 1. The molecule has 0 aliphatic carbocycles. The van der Waals surface area contributed by atoms with Gasteiger partial charge in [0.25, 0.3) is 0 Å². The number of rotatable bonds is 4. The summed E-state index contributed by atoms with van der Waals surface area (Å²) in [4.78, 5) is 11.8. The van der Waals surface area contributed by atoms with E-state index in [0.29, 0.717) is 12.3 Å². The highest BCUT2D eigenvalue weighted by Crippen LogP contribution is 2.37. The SMILES string of the molecule is CC1(C)CCC(=O)Nc2cc(/C=C/CCCCl)ccc21. The van der Waals surface area contributed by atoms with Crippen molar-refractivity contribution in [1.29, 1.82) is 0 Å². The Labute approximate surface area is 126 Å². The number of amides is 1. The van der Waals surface area contributed by atoms with E-state index in [4.69, 9.17) is 11.6 Å². The number of nitrogens with one attached hydrogen (secondary N) is 1. The lowest BCUT2D eigenvalue weighted by Crippen LogP contribution is -2.16. The number of fused-ring (bicyclic) bond motifs is 1. The van der Waals surface area contributed by atoms with Gasteiger partial charge in [-0.3, -0.25) is 4.79 Å². The number of anilines is 1. The fourth-order valence-electron chi connectivity index (χ4n) is 2.55. The molecular formula is C17H22ClNO. The highest BCUT2D eigenvalue weighted by Gasteiger charge is 2.28. The number of hydrogen-bond donors (Lipinski definition) is 1. The van der Waals surface area contributed by atoms with Crippen LogP contribution in [0.1, 0.15) is 50.7 Å². The van der Waals surface area contributed by atoms with Gasteiger partial charge in [0.1, 0.15) is 0 Å². The Morgan fingerprint density at radius 1 is 1.40 bits per heavy atom. The third-order valence-corrected chi connectivity index (χ3v) is 4.11. The molecule has 0 unspecified atom stereocenters. The second kappa shape index (κ2) is 6.45. The van der Waals surface area contributed by atoms with Crippen molar-refractivity contribution in [3.05, 3.63) is 35.4 Å². The Kier molecular flexibility index (Phi) is 4.87. The maximum Gasteiger partial charge on any atom is 0.224 e. The van der Waals surface area contributed by atoms with Crippen molar-refractivity contribution < 1.29 is 4.79 Å². The van der Waals surface area contributed by atoms with Gasteiger partial charge in [-0.05, 0) is 41.9 Å². The van der Waals surface area contributed by atoms with Gasteiger partial charge in [-0.1, -0.05) is 38.1 Å². The van der Waals surface area contributed by atoms with Gasteiger partial charge in [0.2, 0.25) is 5.91 Å². The van der Waals surface area contributed by atoms with Crippen LogP contribution < -0.4 is 5.32 Å². The Hall–Kier alpha value is -1.28. The summed E-state index contributed by atoms with van der Waals surface area (Å²) in [5.74, 6) is 0.804. The van der Waals surface area contributed by atoms with E-state index in [9.17, 15) is 4.79 Å². The van der Waals surface area contributed by atoms with Crippen LogP contribution in [0.4, 0.5) is 5.69 Å². The topological polar surface area (TPSA) is 29.1 Å². The average Bonchev–Trinajstić information content (AvgIpc) is 2.52.